The van der Waals surface area contributed by atoms with Gasteiger partial charge in [0.05, 0.1) is 13.1 Å². The van der Waals surface area contributed by atoms with E-state index < -0.39 is 17.8 Å². The van der Waals surface area contributed by atoms with Gasteiger partial charge in [-0.3, -0.25) is 9.59 Å². The summed E-state index contributed by atoms with van der Waals surface area (Å²) < 4.78 is 0. The normalized spacial score (nSPS) is 10.5. The van der Waals surface area contributed by atoms with Crippen molar-refractivity contribution in [2.75, 3.05) is 18.0 Å². The smallest absolute Gasteiger partial charge is 0.328 e. The van der Waals surface area contributed by atoms with Crippen molar-refractivity contribution >= 4 is 29.5 Å². The molecule has 7 heteroatoms. The molecule has 5 N–H and O–H groups in total. The van der Waals surface area contributed by atoms with Gasteiger partial charge in [0.15, 0.2) is 0 Å². The maximum Gasteiger partial charge on any atom is 0.328 e. The Morgan fingerprint density at radius 1 is 1.19 bits per heavy atom. The second-order valence-electron chi connectivity index (χ2n) is 4.52. The number of anilines is 1. The Labute approximate surface area is 121 Å². The fraction of sp³-hybridized carbons (Fsp3) is 0.214. The van der Waals surface area contributed by atoms with Gasteiger partial charge in [0.25, 0.3) is 0 Å². The minimum atomic E-state index is -1.10. The average molecular weight is 291 g/mol. The molecule has 0 unspecified atom stereocenters. The first-order chi connectivity index (χ1) is 9.79. The molecule has 1 aromatic rings. The summed E-state index contributed by atoms with van der Waals surface area (Å²) in [6.45, 7) is 1.45. The molecule has 112 valence electrons. The zero-order chi connectivity index (χ0) is 16.0. The van der Waals surface area contributed by atoms with Gasteiger partial charge in [-0.15, -0.1) is 0 Å². The van der Waals surface area contributed by atoms with Crippen molar-refractivity contribution in [3.63, 3.8) is 0 Å². The number of aryl methyl sites for hydroxylation is 1. The minimum absolute atomic E-state index is 0.195. The molecule has 1 rings (SSSR count). The van der Waals surface area contributed by atoms with Gasteiger partial charge in [-0.1, -0.05) is 11.6 Å². The van der Waals surface area contributed by atoms with Crippen LogP contribution in [0, 0.1) is 6.92 Å². The molecule has 0 saturated heterocycles. The molecule has 21 heavy (non-hydrogen) atoms. The molecule has 7 nitrogen and oxygen atoms in total. The maximum atomic E-state index is 11.1. The number of carbonyl (C=O) groups is 3. The second kappa shape index (κ2) is 7.09. The van der Waals surface area contributed by atoms with E-state index in [0.717, 1.165) is 11.6 Å². The van der Waals surface area contributed by atoms with E-state index in [4.69, 9.17) is 16.6 Å². The largest absolute Gasteiger partial charge is 0.478 e. The van der Waals surface area contributed by atoms with Crippen LogP contribution < -0.4 is 16.4 Å². The highest BCUT2D eigenvalue weighted by Crippen LogP contribution is 2.23. The van der Waals surface area contributed by atoms with Crippen LogP contribution in [0.3, 0.4) is 0 Å². The molecule has 0 aliphatic carbocycles. The number of benzene rings is 1. The van der Waals surface area contributed by atoms with E-state index in [9.17, 15) is 14.4 Å². The number of nitrogens with zero attached hydrogens (tertiary/aromatic N) is 1. The fourth-order valence-corrected chi connectivity index (χ4v) is 1.86. The molecule has 0 heterocycles. The molecular formula is C14H17N3O4. The number of amides is 2. The Morgan fingerprint density at radius 2 is 1.76 bits per heavy atom. The predicted octanol–water partition coefficient (Wildman–Crippen LogP) is -0.130. The zero-order valence-corrected chi connectivity index (χ0v) is 11.6. The van der Waals surface area contributed by atoms with E-state index >= 15 is 0 Å². The summed E-state index contributed by atoms with van der Waals surface area (Å²) >= 11 is 0. The summed E-state index contributed by atoms with van der Waals surface area (Å²) in [6, 6.07) is 5.20. The zero-order valence-electron chi connectivity index (χ0n) is 11.6. The molecule has 0 atom stereocenters. The highest BCUT2D eigenvalue weighted by atomic mass is 16.4. The number of hydrogen-bond donors (Lipinski definition) is 3. The Hall–Kier alpha value is -2.83. The lowest BCUT2D eigenvalue weighted by atomic mass is 10.1. The molecule has 0 aromatic heterocycles. The number of hydrogen-bond acceptors (Lipinski definition) is 4. The Kier molecular flexibility index (Phi) is 5.48. The molecule has 0 bridgehead atoms. The van der Waals surface area contributed by atoms with Gasteiger partial charge in [0.2, 0.25) is 11.8 Å². The Morgan fingerprint density at radius 3 is 2.24 bits per heavy atom. The van der Waals surface area contributed by atoms with Gasteiger partial charge in [-0.25, -0.2) is 4.79 Å². The summed E-state index contributed by atoms with van der Waals surface area (Å²) in [6.07, 6.45) is 2.37. The molecule has 0 radical (unpaired) electrons. The van der Waals surface area contributed by atoms with Crippen LogP contribution in [0.25, 0.3) is 6.08 Å². The molecular weight excluding hydrogens is 274 g/mol. The number of rotatable bonds is 7. The first-order valence-electron chi connectivity index (χ1n) is 6.13. The van der Waals surface area contributed by atoms with Crippen LogP contribution in [0.4, 0.5) is 5.69 Å². The molecule has 0 aliphatic rings. The summed E-state index contributed by atoms with van der Waals surface area (Å²) in [5.74, 6) is -2.34. The summed E-state index contributed by atoms with van der Waals surface area (Å²) in [4.78, 5) is 34.3. The van der Waals surface area contributed by atoms with Crippen molar-refractivity contribution in [2.24, 2.45) is 11.5 Å². The molecule has 0 saturated carbocycles. The van der Waals surface area contributed by atoms with Crippen molar-refractivity contribution < 1.29 is 19.5 Å². The predicted molar refractivity (Wildman–Crippen MR) is 78.5 cm³/mol. The van der Waals surface area contributed by atoms with Gasteiger partial charge in [0.1, 0.15) is 0 Å². The number of aliphatic carboxylic acids is 1. The standard InChI is InChI=1S/C14H17N3O4/c1-9-2-4-11(10(6-9)3-5-14(20)21)17(7-12(15)18)8-13(16)19/h2-6H,7-8H2,1H3,(H2,15,18)(H2,16,19)(H,20,21)/b5-3+. The average Bonchev–Trinajstić information content (AvgIpc) is 2.34. The van der Waals surface area contributed by atoms with E-state index in [2.05, 4.69) is 0 Å². The van der Waals surface area contributed by atoms with Gasteiger partial charge in [0, 0.05) is 11.8 Å². The first-order valence-corrected chi connectivity index (χ1v) is 6.13. The third kappa shape index (κ3) is 5.35. The quantitative estimate of drug-likeness (QED) is 0.603. The second-order valence-corrected chi connectivity index (χ2v) is 4.52. The summed E-state index contributed by atoms with van der Waals surface area (Å²) in [7, 11) is 0. The summed E-state index contributed by atoms with van der Waals surface area (Å²) in [5.41, 5.74) is 12.3. The SMILES string of the molecule is Cc1ccc(N(CC(N)=O)CC(N)=O)c(/C=C/C(=O)O)c1. The van der Waals surface area contributed by atoms with Crippen LogP contribution in [-0.4, -0.2) is 36.0 Å². The van der Waals surface area contributed by atoms with E-state index in [1.165, 1.54) is 11.0 Å². The lowest BCUT2D eigenvalue weighted by Gasteiger charge is -2.24. The van der Waals surface area contributed by atoms with Crippen molar-refractivity contribution in [1.82, 2.24) is 0 Å². The van der Waals surface area contributed by atoms with E-state index in [1.807, 2.05) is 6.92 Å². The molecule has 0 aliphatic heterocycles. The van der Waals surface area contributed by atoms with Gasteiger partial charge in [-0.05, 0) is 30.7 Å². The Bertz CT molecular complexity index is 580. The van der Waals surface area contributed by atoms with Crippen molar-refractivity contribution in [3.8, 4) is 0 Å². The fourth-order valence-electron chi connectivity index (χ4n) is 1.86. The number of carbonyl (C=O) groups excluding carboxylic acids is 2. The van der Waals surface area contributed by atoms with Crippen LogP contribution in [0.1, 0.15) is 11.1 Å². The number of nitrogens with two attached hydrogens (primary N) is 2. The van der Waals surface area contributed by atoms with Crippen LogP contribution in [0.15, 0.2) is 24.3 Å². The van der Waals surface area contributed by atoms with Crippen LogP contribution >= 0.6 is 0 Å². The molecule has 1 aromatic carbocycles. The monoisotopic (exact) mass is 291 g/mol. The molecule has 0 fully saturated rings. The number of carboxylic acids is 1. The highest BCUT2D eigenvalue weighted by molar-refractivity contribution is 5.89. The van der Waals surface area contributed by atoms with Gasteiger partial charge < -0.3 is 21.5 Å². The number of carboxylic acid groups (broad SMARTS) is 1. The maximum absolute atomic E-state index is 11.1. The minimum Gasteiger partial charge on any atom is -0.478 e. The lowest BCUT2D eigenvalue weighted by molar-refractivity contribution is -0.131. The topological polar surface area (TPSA) is 127 Å². The first kappa shape index (κ1) is 16.2. The number of primary amides is 2. The van der Waals surface area contributed by atoms with E-state index in [1.54, 1.807) is 18.2 Å². The van der Waals surface area contributed by atoms with Crippen molar-refractivity contribution in [3.05, 3.63) is 35.4 Å². The van der Waals surface area contributed by atoms with Gasteiger partial charge >= 0.3 is 5.97 Å². The Balaban J connectivity index is 3.25. The molecule has 0 spiro atoms. The highest BCUT2D eigenvalue weighted by Gasteiger charge is 2.15. The van der Waals surface area contributed by atoms with Crippen LogP contribution in [-0.2, 0) is 14.4 Å². The van der Waals surface area contributed by atoms with Gasteiger partial charge in [-0.2, -0.15) is 0 Å². The molecule has 2 amide bonds. The van der Waals surface area contributed by atoms with Crippen LogP contribution in [0.2, 0.25) is 0 Å². The third-order valence-corrected chi connectivity index (χ3v) is 2.62. The third-order valence-electron chi connectivity index (χ3n) is 2.62. The lowest BCUT2D eigenvalue weighted by Crippen LogP contribution is -2.40. The van der Waals surface area contributed by atoms with Crippen molar-refractivity contribution in [2.45, 2.75) is 6.92 Å². The van der Waals surface area contributed by atoms with E-state index in [0.29, 0.717) is 11.3 Å². The van der Waals surface area contributed by atoms with Crippen molar-refractivity contribution in [1.29, 1.82) is 0 Å². The summed E-state index contributed by atoms with van der Waals surface area (Å²) in [5, 5.41) is 8.72. The van der Waals surface area contributed by atoms with Crippen LogP contribution in [0.5, 0.6) is 0 Å². The van der Waals surface area contributed by atoms with E-state index in [-0.39, 0.29) is 13.1 Å².